The third kappa shape index (κ3) is 4.45. The van der Waals surface area contributed by atoms with E-state index in [0.717, 1.165) is 11.1 Å². The van der Waals surface area contributed by atoms with Crippen molar-refractivity contribution < 1.29 is 0 Å². The molecule has 0 aliphatic heterocycles. The highest BCUT2D eigenvalue weighted by Crippen LogP contribution is 2.28. The highest BCUT2D eigenvalue weighted by molar-refractivity contribution is 7.80. The molecule has 2 rings (SSSR count). The molecule has 7 heteroatoms. The van der Waals surface area contributed by atoms with Crippen molar-refractivity contribution in [3.63, 3.8) is 0 Å². The molecular formula is C14H12Cl3N3S. The van der Waals surface area contributed by atoms with Gasteiger partial charge in [-0.2, -0.15) is 0 Å². The molecule has 0 radical (unpaired) electrons. The van der Waals surface area contributed by atoms with E-state index >= 15 is 0 Å². The molecule has 0 bridgehead atoms. The highest BCUT2D eigenvalue weighted by Gasteiger charge is 2.09. The molecule has 1 heterocycles. The Hall–Kier alpha value is -1.07. The van der Waals surface area contributed by atoms with Crippen LogP contribution in [0.25, 0.3) is 0 Å². The van der Waals surface area contributed by atoms with Crippen LogP contribution in [0.15, 0.2) is 30.5 Å². The van der Waals surface area contributed by atoms with Crippen LogP contribution in [0.5, 0.6) is 0 Å². The van der Waals surface area contributed by atoms with Crippen LogP contribution in [0.3, 0.4) is 0 Å². The van der Waals surface area contributed by atoms with E-state index < -0.39 is 0 Å². The number of aromatic nitrogens is 1. The van der Waals surface area contributed by atoms with Crippen LogP contribution in [0.4, 0.5) is 5.82 Å². The third-order valence-corrected chi connectivity index (χ3v) is 4.14. The quantitative estimate of drug-likeness (QED) is 0.768. The molecule has 0 aliphatic rings. The maximum absolute atomic E-state index is 6.17. The first-order valence-electron chi connectivity index (χ1n) is 6.07. The monoisotopic (exact) mass is 359 g/mol. The van der Waals surface area contributed by atoms with Crippen LogP contribution < -0.4 is 10.6 Å². The second-order valence-electron chi connectivity index (χ2n) is 4.33. The van der Waals surface area contributed by atoms with Crippen molar-refractivity contribution in [2.75, 3.05) is 5.32 Å². The largest absolute Gasteiger partial charge is 0.358 e. The maximum atomic E-state index is 6.17. The molecule has 0 aliphatic carbocycles. The Labute approximate surface area is 143 Å². The SMILES string of the molecule is Cc1c(Cl)cnc(NC(=S)NCc2ccc(Cl)cc2)c1Cl. The standard InChI is InChI=1S/C14H12Cl3N3S/c1-8-11(16)7-18-13(12(8)17)20-14(21)19-6-9-2-4-10(15)5-3-9/h2-5,7H,6H2,1H3,(H2,18,19,20,21). The molecule has 0 unspecified atom stereocenters. The summed E-state index contributed by atoms with van der Waals surface area (Å²) in [5.41, 5.74) is 1.83. The molecule has 1 aromatic heterocycles. The molecule has 0 spiro atoms. The Bertz CT molecular complexity index is 659. The molecule has 3 nitrogen and oxygen atoms in total. The zero-order valence-electron chi connectivity index (χ0n) is 11.1. The smallest absolute Gasteiger partial charge is 0.172 e. The Morgan fingerprint density at radius 3 is 2.52 bits per heavy atom. The zero-order chi connectivity index (χ0) is 15.4. The fraction of sp³-hybridized carbons (Fsp3) is 0.143. The normalized spacial score (nSPS) is 10.3. The third-order valence-electron chi connectivity index (χ3n) is 2.80. The van der Waals surface area contributed by atoms with Gasteiger partial charge in [0.15, 0.2) is 10.9 Å². The Balaban J connectivity index is 1.96. The zero-order valence-corrected chi connectivity index (χ0v) is 14.2. The summed E-state index contributed by atoms with van der Waals surface area (Å²) in [7, 11) is 0. The van der Waals surface area contributed by atoms with Crippen LogP contribution in [0.2, 0.25) is 15.1 Å². The molecule has 2 aromatic rings. The van der Waals surface area contributed by atoms with E-state index in [1.54, 1.807) is 0 Å². The van der Waals surface area contributed by atoms with Crippen molar-refractivity contribution in [3.8, 4) is 0 Å². The molecule has 0 amide bonds. The minimum atomic E-state index is 0.432. The van der Waals surface area contributed by atoms with Gasteiger partial charge in [0, 0.05) is 17.8 Å². The van der Waals surface area contributed by atoms with Crippen LogP contribution in [0.1, 0.15) is 11.1 Å². The molecule has 0 fully saturated rings. The molecule has 1 aromatic carbocycles. The summed E-state index contributed by atoms with van der Waals surface area (Å²) < 4.78 is 0. The predicted octanol–water partition coefficient (Wildman–Crippen LogP) is 4.84. The van der Waals surface area contributed by atoms with Crippen molar-refractivity contribution in [1.29, 1.82) is 0 Å². The minimum absolute atomic E-state index is 0.432. The van der Waals surface area contributed by atoms with Gasteiger partial charge in [0.25, 0.3) is 0 Å². The average Bonchev–Trinajstić information content (AvgIpc) is 2.47. The van der Waals surface area contributed by atoms with E-state index in [1.807, 2.05) is 31.2 Å². The van der Waals surface area contributed by atoms with Crippen molar-refractivity contribution in [1.82, 2.24) is 10.3 Å². The molecule has 0 atom stereocenters. The lowest BCUT2D eigenvalue weighted by Gasteiger charge is -2.12. The number of nitrogens with one attached hydrogen (secondary N) is 2. The van der Waals surface area contributed by atoms with Gasteiger partial charge in [-0.05, 0) is 42.4 Å². The first-order chi connectivity index (χ1) is 9.97. The van der Waals surface area contributed by atoms with Crippen molar-refractivity contribution in [3.05, 3.63) is 56.7 Å². The number of pyridine rings is 1. The summed E-state index contributed by atoms with van der Waals surface area (Å²) in [5.74, 6) is 0.479. The first-order valence-corrected chi connectivity index (χ1v) is 7.61. The topological polar surface area (TPSA) is 37.0 Å². The fourth-order valence-corrected chi connectivity index (χ4v) is 2.26. The average molecular weight is 361 g/mol. The van der Waals surface area contributed by atoms with E-state index in [-0.39, 0.29) is 0 Å². The molecule has 110 valence electrons. The number of rotatable bonds is 3. The van der Waals surface area contributed by atoms with E-state index in [9.17, 15) is 0 Å². The number of anilines is 1. The van der Waals surface area contributed by atoms with Gasteiger partial charge >= 0.3 is 0 Å². The number of halogens is 3. The van der Waals surface area contributed by atoms with Crippen molar-refractivity contribution in [2.45, 2.75) is 13.5 Å². The molecule has 2 N–H and O–H groups in total. The summed E-state index contributed by atoms with van der Waals surface area (Å²) in [6.45, 7) is 2.40. The van der Waals surface area contributed by atoms with Crippen LogP contribution in [0, 0.1) is 6.92 Å². The maximum Gasteiger partial charge on any atom is 0.172 e. The number of nitrogens with zero attached hydrogens (tertiary/aromatic N) is 1. The summed E-state index contributed by atoms with van der Waals surface area (Å²) in [6, 6.07) is 7.51. The van der Waals surface area contributed by atoms with E-state index in [4.69, 9.17) is 47.0 Å². The van der Waals surface area contributed by atoms with Crippen LogP contribution >= 0.6 is 47.0 Å². The first kappa shape index (κ1) is 16.3. The second-order valence-corrected chi connectivity index (χ2v) is 5.96. The van der Waals surface area contributed by atoms with Crippen LogP contribution in [-0.4, -0.2) is 10.1 Å². The Morgan fingerprint density at radius 2 is 1.86 bits per heavy atom. The van der Waals surface area contributed by atoms with Gasteiger partial charge < -0.3 is 10.6 Å². The van der Waals surface area contributed by atoms with E-state index in [0.29, 0.717) is 32.5 Å². The second kappa shape index (κ2) is 7.27. The summed E-state index contributed by atoms with van der Waals surface area (Å²) >= 11 is 23.2. The fourth-order valence-electron chi connectivity index (χ4n) is 1.58. The molecule has 0 saturated carbocycles. The number of hydrogen-bond donors (Lipinski definition) is 2. The molecule has 0 saturated heterocycles. The van der Waals surface area contributed by atoms with Gasteiger partial charge in [0.1, 0.15) is 0 Å². The number of benzene rings is 1. The Kier molecular flexibility index (Phi) is 5.65. The van der Waals surface area contributed by atoms with Gasteiger partial charge in [0.2, 0.25) is 0 Å². The Morgan fingerprint density at radius 1 is 1.19 bits per heavy atom. The molecule has 21 heavy (non-hydrogen) atoms. The highest BCUT2D eigenvalue weighted by atomic mass is 35.5. The lowest BCUT2D eigenvalue weighted by molar-refractivity contribution is 0.925. The summed E-state index contributed by atoms with van der Waals surface area (Å²) in [4.78, 5) is 4.13. The lowest BCUT2D eigenvalue weighted by Crippen LogP contribution is -2.28. The van der Waals surface area contributed by atoms with Crippen molar-refractivity contribution in [2.24, 2.45) is 0 Å². The summed E-state index contributed by atoms with van der Waals surface area (Å²) in [5, 5.41) is 8.13. The minimum Gasteiger partial charge on any atom is -0.358 e. The van der Waals surface area contributed by atoms with Gasteiger partial charge in [-0.3, -0.25) is 0 Å². The number of hydrogen-bond acceptors (Lipinski definition) is 2. The summed E-state index contributed by atoms with van der Waals surface area (Å²) in [6.07, 6.45) is 1.53. The lowest BCUT2D eigenvalue weighted by atomic mass is 10.2. The van der Waals surface area contributed by atoms with Gasteiger partial charge in [-0.15, -0.1) is 0 Å². The van der Waals surface area contributed by atoms with Gasteiger partial charge in [-0.1, -0.05) is 46.9 Å². The van der Waals surface area contributed by atoms with E-state index in [2.05, 4.69) is 15.6 Å². The van der Waals surface area contributed by atoms with Gasteiger partial charge in [0.05, 0.1) is 10.0 Å². The predicted molar refractivity (Wildman–Crippen MR) is 93.5 cm³/mol. The van der Waals surface area contributed by atoms with Gasteiger partial charge in [-0.25, -0.2) is 4.98 Å². The van der Waals surface area contributed by atoms with E-state index in [1.165, 1.54) is 6.20 Å². The van der Waals surface area contributed by atoms with Crippen molar-refractivity contribution >= 4 is 58.0 Å². The molecular weight excluding hydrogens is 349 g/mol. The number of thiocarbonyl (C=S) groups is 1. The van der Waals surface area contributed by atoms with Crippen LogP contribution in [-0.2, 0) is 6.54 Å².